The van der Waals surface area contributed by atoms with Gasteiger partial charge in [0.1, 0.15) is 0 Å². The molecule has 1 aliphatic heterocycles. The molecule has 0 radical (unpaired) electrons. The Labute approximate surface area is 132 Å². The molecular formula is C15H20Br2N2. The van der Waals surface area contributed by atoms with Gasteiger partial charge in [-0.25, -0.2) is 0 Å². The van der Waals surface area contributed by atoms with E-state index in [0.29, 0.717) is 6.04 Å². The predicted octanol–water partition coefficient (Wildman–Crippen LogP) is 4.12. The van der Waals surface area contributed by atoms with Gasteiger partial charge in [0.15, 0.2) is 0 Å². The molecule has 4 heteroatoms. The number of rotatable bonds is 5. The molecule has 0 spiro atoms. The Morgan fingerprint density at radius 2 is 1.84 bits per heavy atom. The molecule has 1 heterocycles. The van der Waals surface area contributed by atoms with Gasteiger partial charge in [-0.3, -0.25) is 4.90 Å². The first-order chi connectivity index (χ1) is 9.20. The van der Waals surface area contributed by atoms with E-state index in [9.17, 15) is 0 Å². The Balaban J connectivity index is 2.21. The summed E-state index contributed by atoms with van der Waals surface area (Å²) in [6.07, 6.45) is 4.20. The van der Waals surface area contributed by atoms with Crippen LogP contribution in [0.5, 0.6) is 0 Å². The van der Waals surface area contributed by atoms with E-state index < -0.39 is 0 Å². The molecule has 2 rings (SSSR count). The van der Waals surface area contributed by atoms with Crippen molar-refractivity contribution >= 4 is 31.9 Å². The number of piperazine rings is 1. The predicted molar refractivity (Wildman–Crippen MR) is 88.5 cm³/mol. The van der Waals surface area contributed by atoms with Crippen molar-refractivity contribution in [3.8, 4) is 0 Å². The minimum absolute atomic E-state index is 0.480. The van der Waals surface area contributed by atoms with Gasteiger partial charge in [-0.15, -0.1) is 6.58 Å². The molecule has 1 saturated heterocycles. The Hall–Kier alpha value is -0.160. The molecule has 1 aliphatic rings. The highest BCUT2D eigenvalue weighted by atomic mass is 79.9. The van der Waals surface area contributed by atoms with Crippen LogP contribution in [-0.4, -0.2) is 31.1 Å². The van der Waals surface area contributed by atoms with E-state index in [2.05, 4.69) is 66.9 Å². The maximum absolute atomic E-state index is 3.86. The molecule has 104 valence electrons. The second-order valence-electron chi connectivity index (χ2n) is 4.87. The van der Waals surface area contributed by atoms with Crippen LogP contribution in [-0.2, 0) is 0 Å². The van der Waals surface area contributed by atoms with Gasteiger partial charge in [-0.05, 0) is 36.6 Å². The van der Waals surface area contributed by atoms with Gasteiger partial charge in [-0.2, -0.15) is 0 Å². The number of benzene rings is 1. The maximum Gasteiger partial charge on any atom is 0.0352 e. The van der Waals surface area contributed by atoms with Crippen LogP contribution in [0.4, 0.5) is 0 Å². The number of hydrogen-bond donors (Lipinski definition) is 1. The number of hydrogen-bond acceptors (Lipinski definition) is 2. The lowest BCUT2D eigenvalue weighted by atomic mass is 9.99. The molecule has 1 N–H and O–H groups in total. The zero-order chi connectivity index (χ0) is 13.7. The Morgan fingerprint density at radius 1 is 1.21 bits per heavy atom. The van der Waals surface area contributed by atoms with Crippen LogP contribution in [0.1, 0.15) is 24.4 Å². The summed E-state index contributed by atoms with van der Waals surface area (Å²) in [4.78, 5) is 2.58. The molecule has 0 aromatic heterocycles. The van der Waals surface area contributed by atoms with Gasteiger partial charge >= 0.3 is 0 Å². The third kappa shape index (κ3) is 4.42. The number of nitrogens with zero attached hydrogens (tertiary/aromatic N) is 1. The largest absolute Gasteiger partial charge is 0.314 e. The summed E-state index contributed by atoms with van der Waals surface area (Å²) in [5.41, 5.74) is 1.38. The first-order valence-electron chi connectivity index (χ1n) is 6.72. The fraction of sp³-hybridized carbons (Fsp3) is 0.467. The molecule has 1 atom stereocenters. The van der Waals surface area contributed by atoms with Crippen molar-refractivity contribution in [3.63, 3.8) is 0 Å². The van der Waals surface area contributed by atoms with E-state index >= 15 is 0 Å². The van der Waals surface area contributed by atoms with Crippen molar-refractivity contribution in [2.75, 3.05) is 26.2 Å². The zero-order valence-electron chi connectivity index (χ0n) is 11.0. The highest BCUT2D eigenvalue weighted by Crippen LogP contribution is 2.31. The molecule has 1 aromatic carbocycles. The highest BCUT2D eigenvalue weighted by Gasteiger charge is 2.22. The van der Waals surface area contributed by atoms with Crippen molar-refractivity contribution in [1.82, 2.24) is 10.2 Å². The van der Waals surface area contributed by atoms with E-state index in [1.54, 1.807) is 0 Å². The number of halogens is 2. The number of nitrogens with one attached hydrogen (secondary N) is 1. The fourth-order valence-electron chi connectivity index (χ4n) is 2.60. The summed E-state index contributed by atoms with van der Waals surface area (Å²) in [5.74, 6) is 0. The van der Waals surface area contributed by atoms with Crippen molar-refractivity contribution in [2.24, 2.45) is 0 Å². The minimum atomic E-state index is 0.480. The van der Waals surface area contributed by atoms with Crippen molar-refractivity contribution in [2.45, 2.75) is 18.9 Å². The molecular weight excluding hydrogens is 368 g/mol. The molecule has 0 unspecified atom stereocenters. The van der Waals surface area contributed by atoms with Crippen molar-refractivity contribution in [3.05, 3.63) is 45.4 Å². The minimum Gasteiger partial charge on any atom is -0.314 e. The lowest BCUT2D eigenvalue weighted by molar-refractivity contribution is 0.166. The summed E-state index contributed by atoms with van der Waals surface area (Å²) in [5, 5.41) is 3.42. The Morgan fingerprint density at radius 3 is 2.42 bits per heavy atom. The van der Waals surface area contributed by atoms with Crippen LogP contribution in [0.3, 0.4) is 0 Å². The van der Waals surface area contributed by atoms with E-state index in [1.165, 1.54) is 5.56 Å². The third-order valence-electron chi connectivity index (χ3n) is 3.51. The van der Waals surface area contributed by atoms with Crippen molar-refractivity contribution in [1.29, 1.82) is 0 Å². The molecule has 2 nitrogen and oxygen atoms in total. The lowest BCUT2D eigenvalue weighted by Gasteiger charge is -2.35. The first kappa shape index (κ1) is 15.2. The Kier molecular flexibility index (Phi) is 6.07. The summed E-state index contributed by atoms with van der Waals surface area (Å²) >= 11 is 7.18. The van der Waals surface area contributed by atoms with Gasteiger partial charge in [0, 0.05) is 41.2 Å². The lowest BCUT2D eigenvalue weighted by Crippen LogP contribution is -2.45. The molecule has 0 aliphatic carbocycles. The summed E-state index contributed by atoms with van der Waals surface area (Å²) in [6, 6.07) is 7.04. The topological polar surface area (TPSA) is 15.3 Å². The second kappa shape index (κ2) is 7.58. The van der Waals surface area contributed by atoms with Gasteiger partial charge in [0.05, 0.1) is 0 Å². The second-order valence-corrected chi connectivity index (χ2v) is 6.70. The van der Waals surface area contributed by atoms with E-state index in [-0.39, 0.29) is 0 Å². The fourth-order valence-corrected chi connectivity index (χ4v) is 3.93. The third-order valence-corrected chi connectivity index (χ3v) is 4.42. The highest BCUT2D eigenvalue weighted by molar-refractivity contribution is 9.11. The van der Waals surface area contributed by atoms with E-state index in [0.717, 1.165) is 48.0 Å². The molecule has 0 saturated carbocycles. The Bertz CT molecular complexity index is 408. The monoisotopic (exact) mass is 386 g/mol. The number of allylic oxidation sites excluding steroid dienone is 1. The molecule has 0 bridgehead atoms. The quantitative estimate of drug-likeness (QED) is 0.764. The van der Waals surface area contributed by atoms with Gasteiger partial charge in [0.25, 0.3) is 0 Å². The summed E-state index contributed by atoms with van der Waals surface area (Å²) in [7, 11) is 0. The van der Waals surface area contributed by atoms with Gasteiger partial charge < -0.3 is 5.32 Å². The molecule has 1 aromatic rings. The van der Waals surface area contributed by atoms with Crippen LogP contribution in [0.15, 0.2) is 39.8 Å². The zero-order valence-corrected chi connectivity index (χ0v) is 14.2. The summed E-state index contributed by atoms with van der Waals surface area (Å²) in [6.45, 7) is 8.26. The van der Waals surface area contributed by atoms with E-state index in [4.69, 9.17) is 0 Å². The maximum atomic E-state index is 3.86. The van der Waals surface area contributed by atoms with Gasteiger partial charge in [0.2, 0.25) is 0 Å². The standard InChI is InChI=1S/C15H20Br2N2/c1-2-3-4-15(19-7-5-18-6-8-19)12-9-13(16)11-14(17)10-12/h2,9-11,15,18H,1,3-8H2/t15-/m1/s1. The van der Waals surface area contributed by atoms with Crippen molar-refractivity contribution < 1.29 is 0 Å². The first-order valence-corrected chi connectivity index (χ1v) is 8.31. The van der Waals surface area contributed by atoms with Crippen LogP contribution < -0.4 is 5.32 Å². The normalized spacial score (nSPS) is 18.2. The summed E-state index contributed by atoms with van der Waals surface area (Å²) < 4.78 is 2.27. The molecule has 19 heavy (non-hydrogen) atoms. The molecule has 0 amide bonds. The van der Waals surface area contributed by atoms with E-state index in [1.807, 2.05) is 6.08 Å². The molecule has 1 fully saturated rings. The van der Waals surface area contributed by atoms with Crippen LogP contribution in [0.25, 0.3) is 0 Å². The SMILES string of the molecule is C=CCC[C@H](c1cc(Br)cc(Br)c1)N1CCNCC1. The van der Waals surface area contributed by atoms with Gasteiger partial charge in [-0.1, -0.05) is 37.9 Å². The van der Waals surface area contributed by atoms with Crippen LogP contribution in [0.2, 0.25) is 0 Å². The van der Waals surface area contributed by atoms with Crippen LogP contribution in [0, 0.1) is 0 Å². The average Bonchev–Trinajstić information content (AvgIpc) is 2.39. The average molecular weight is 388 g/mol. The smallest absolute Gasteiger partial charge is 0.0352 e. The van der Waals surface area contributed by atoms with Crippen LogP contribution >= 0.6 is 31.9 Å².